The van der Waals surface area contributed by atoms with E-state index in [9.17, 15) is 14.4 Å². The molecule has 4 N–H and O–H groups in total. The number of ether oxygens (including phenoxy) is 1. The van der Waals surface area contributed by atoms with Crippen LogP contribution in [0.25, 0.3) is 0 Å². The summed E-state index contributed by atoms with van der Waals surface area (Å²) in [5.74, 6) is 0.342. The highest BCUT2D eigenvalue weighted by atomic mass is 79.9. The third kappa shape index (κ3) is 12.6. The molecule has 0 radical (unpaired) electrons. The number of amides is 3. The number of halogens is 1. The van der Waals surface area contributed by atoms with Crippen molar-refractivity contribution in [1.29, 1.82) is 0 Å². The lowest BCUT2D eigenvalue weighted by Gasteiger charge is -2.38. The Bertz CT molecular complexity index is 1340. The Hall–Kier alpha value is -3.18. The van der Waals surface area contributed by atoms with E-state index in [2.05, 4.69) is 87.9 Å². The van der Waals surface area contributed by atoms with Gasteiger partial charge >= 0.3 is 0 Å². The Kier molecular flexibility index (Phi) is 16.8. The normalized spacial score (nSPS) is 18.5. The van der Waals surface area contributed by atoms with Gasteiger partial charge in [-0.3, -0.25) is 19.4 Å². The van der Waals surface area contributed by atoms with Crippen LogP contribution in [-0.2, 0) is 25.5 Å². The molecule has 0 bridgehead atoms. The van der Waals surface area contributed by atoms with Crippen LogP contribution in [0.4, 0.5) is 5.69 Å². The van der Waals surface area contributed by atoms with E-state index >= 15 is 0 Å². The fourth-order valence-corrected chi connectivity index (χ4v) is 6.88. The van der Waals surface area contributed by atoms with Gasteiger partial charge in [0.25, 0.3) is 5.91 Å². The van der Waals surface area contributed by atoms with Gasteiger partial charge in [0.2, 0.25) is 11.8 Å². The second-order valence-corrected chi connectivity index (χ2v) is 14.4. The third-order valence-corrected chi connectivity index (χ3v) is 10.5. The quantitative estimate of drug-likeness (QED) is 0.123. The molecule has 272 valence electrons. The SMILES string of the molecule is CCC(C)CCCC(C)C(OC)C(C)C(=C1CCC1)N(C)CCc1cccc(NC(=O)CNC(=O)C(C)NC(=O)C2=CNC(CBr)N=C2)c1. The van der Waals surface area contributed by atoms with Crippen LogP contribution in [0.3, 0.4) is 0 Å². The molecule has 0 spiro atoms. The van der Waals surface area contributed by atoms with Gasteiger partial charge in [-0.2, -0.15) is 0 Å². The summed E-state index contributed by atoms with van der Waals surface area (Å²) in [6, 6.07) is 7.02. The van der Waals surface area contributed by atoms with E-state index in [1.807, 2.05) is 25.3 Å². The van der Waals surface area contributed by atoms with Crippen molar-refractivity contribution in [2.45, 2.75) is 104 Å². The molecular weight excluding hydrogens is 684 g/mol. The van der Waals surface area contributed by atoms with Crippen LogP contribution < -0.4 is 21.3 Å². The average Bonchev–Trinajstić information content (AvgIpc) is 3.07. The summed E-state index contributed by atoms with van der Waals surface area (Å²) >= 11 is 3.33. The number of rotatable bonds is 20. The fourth-order valence-electron chi connectivity index (χ4n) is 6.53. The van der Waals surface area contributed by atoms with Gasteiger partial charge in [-0.05, 0) is 68.6 Å². The summed E-state index contributed by atoms with van der Waals surface area (Å²) in [7, 11) is 4.06. The number of allylic oxidation sites excluding steroid dienone is 1. The van der Waals surface area contributed by atoms with Crippen molar-refractivity contribution in [1.82, 2.24) is 20.9 Å². The Balaban J connectivity index is 1.50. The molecule has 11 heteroatoms. The van der Waals surface area contributed by atoms with Crippen molar-refractivity contribution >= 4 is 45.6 Å². The number of methoxy groups -OCH3 is 1. The molecule has 1 saturated carbocycles. The zero-order valence-corrected chi connectivity index (χ0v) is 32.2. The Morgan fingerprint density at radius 1 is 1.14 bits per heavy atom. The van der Waals surface area contributed by atoms with Crippen molar-refractivity contribution in [3.8, 4) is 0 Å². The summed E-state index contributed by atoms with van der Waals surface area (Å²) in [6.45, 7) is 11.5. The second kappa shape index (κ2) is 20.5. The van der Waals surface area contributed by atoms with Crippen molar-refractivity contribution < 1.29 is 19.1 Å². The van der Waals surface area contributed by atoms with Crippen molar-refractivity contribution in [3.63, 3.8) is 0 Å². The highest BCUT2D eigenvalue weighted by Crippen LogP contribution is 2.37. The number of nitrogens with zero attached hydrogens (tertiary/aromatic N) is 2. The first-order chi connectivity index (χ1) is 23.5. The van der Waals surface area contributed by atoms with Gasteiger partial charge in [0.05, 0.1) is 18.2 Å². The maximum Gasteiger partial charge on any atom is 0.254 e. The third-order valence-electron chi connectivity index (χ3n) is 9.88. The highest BCUT2D eigenvalue weighted by Gasteiger charge is 2.31. The lowest BCUT2D eigenvalue weighted by Crippen LogP contribution is -2.47. The Morgan fingerprint density at radius 3 is 2.51 bits per heavy atom. The minimum atomic E-state index is -0.830. The minimum Gasteiger partial charge on any atom is -0.380 e. The number of hydrogen-bond donors (Lipinski definition) is 4. The van der Waals surface area contributed by atoms with Crippen molar-refractivity contribution in [3.05, 3.63) is 52.9 Å². The number of carbonyl (C=O) groups is 3. The maximum atomic E-state index is 12.7. The lowest BCUT2D eigenvalue weighted by molar-refractivity contribution is -0.128. The molecule has 0 aromatic heterocycles. The van der Waals surface area contributed by atoms with E-state index in [1.54, 1.807) is 18.7 Å². The number of likely N-dealkylation sites (N-methyl/N-ethyl adjacent to an activating group) is 1. The Morgan fingerprint density at radius 2 is 1.90 bits per heavy atom. The van der Waals surface area contributed by atoms with Gasteiger partial charge in [-0.25, -0.2) is 0 Å². The van der Waals surface area contributed by atoms with Crippen LogP contribution in [0, 0.1) is 17.8 Å². The molecule has 49 heavy (non-hydrogen) atoms. The molecule has 6 atom stereocenters. The number of benzene rings is 1. The number of alkyl halides is 1. The van der Waals surface area contributed by atoms with Gasteiger partial charge in [0.15, 0.2) is 0 Å². The summed E-state index contributed by atoms with van der Waals surface area (Å²) in [5.41, 5.74) is 5.11. The van der Waals surface area contributed by atoms with E-state index in [0.29, 0.717) is 28.4 Å². The number of carbonyl (C=O) groups excluding carboxylic acids is 3. The van der Waals surface area contributed by atoms with Crippen LogP contribution in [0.5, 0.6) is 0 Å². The van der Waals surface area contributed by atoms with Crippen LogP contribution >= 0.6 is 15.9 Å². The summed E-state index contributed by atoms with van der Waals surface area (Å²) in [4.78, 5) is 44.4. The first-order valence-electron chi connectivity index (χ1n) is 18.0. The zero-order chi connectivity index (χ0) is 35.9. The summed E-state index contributed by atoms with van der Waals surface area (Å²) in [6.07, 6.45) is 12.4. The highest BCUT2D eigenvalue weighted by molar-refractivity contribution is 9.09. The second-order valence-electron chi connectivity index (χ2n) is 13.8. The van der Waals surface area contributed by atoms with Crippen LogP contribution in [0.2, 0.25) is 0 Å². The molecule has 1 fully saturated rings. The van der Waals surface area contributed by atoms with Gasteiger partial charge in [-0.1, -0.05) is 80.6 Å². The molecule has 1 aromatic carbocycles. The predicted molar refractivity (Wildman–Crippen MR) is 203 cm³/mol. The van der Waals surface area contributed by atoms with E-state index < -0.39 is 17.9 Å². The Labute approximate surface area is 302 Å². The molecule has 1 aliphatic carbocycles. The molecular formula is C38H59BrN6O4. The topological polar surface area (TPSA) is 124 Å². The van der Waals surface area contributed by atoms with Gasteiger partial charge in [0, 0.05) is 55.7 Å². The molecule has 2 aliphatic rings. The average molecular weight is 744 g/mol. The van der Waals surface area contributed by atoms with E-state index in [4.69, 9.17) is 4.74 Å². The first-order valence-corrected chi connectivity index (χ1v) is 19.1. The molecule has 1 aliphatic heterocycles. The number of anilines is 1. The molecule has 0 saturated heterocycles. The van der Waals surface area contributed by atoms with E-state index in [-0.39, 0.29) is 24.7 Å². The number of nitrogens with one attached hydrogen (secondary N) is 4. The molecule has 3 rings (SSSR count). The molecule has 10 nitrogen and oxygen atoms in total. The number of aliphatic imine (C=N–C) groups is 1. The molecule has 3 amide bonds. The monoisotopic (exact) mass is 742 g/mol. The molecule has 1 heterocycles. The fraction of sp³-hybridized carbons (Fsp3) is 0.632. The smallest absolute Gasteiger partial charge is 0.254 e. The first kappa shape index (κ1) is 40.3. The van der Waals surface area contributed by atoms with Crippen LogP contribution in [-0.4, -0.2) is 79.7 Å². The largest absolute Gasteiger partial charge is 0.380 e. The van der Waals surface area contributed by atoms with Crippen LogP contribution in [0.1, 0.15) is 85.1 Å². The zero-order valence-electron chi connectivity index (χ0n) is 30.6. The van der Waals surface area contributed by atoms with Gasteiger partial charge in [0.1, 0.15) is 12.2 Å². The van der Waals surface area contributed by atoms with E-state index in [0.717, 1.165) is 37.3 Å². The van der Waals surface area contributed by atoms with Crippen LogP contribution in [0.15, 0.2) is 52.3 Å². The lowest BCUT2D eigenvalue weighted by atomic mass is 9.80. The van der Waals surface area contributed by atoms with Gasteiger partial charge in [-0.15, -0.1) is 0 Å². The summed E-state index contributed by atoms with van der Waals surface area (Å²) < 4.78 is 6.16. The minimum absolute atomic E-state index is 0.133. The number of hydrogen-bond acceptors (Lipinski definition) is 7. The van der Waals surface area contributed by atoms with Crippen molar-refractivity contribution in [2.24, 2.45) is 22.7 Å². The maximum absolute atomic E-state index is 12.7. The standard InChI is InChI=1S/C38H59BrN6O4/c1-8-25(2)12-9-13-26(3)36(49-7)27(4)35(30-15-11-16-30)45(6)19-18-29-14-10-17-32(20-29)44-34(46)24-42-37(47)28(5)43-38(48)31-22-40-33(21-39)41-23-31/h10,14,17,20,22-23,25-28,33,36,40H,8-9,11-13,15-16,18-19,21,24H2,1-7H3,(H,42,47)(H,43,48)(H,44,46). The summed E-state index contributed by atoms with van der Waals surface area (Å²) in [5, 5.41) is 11.7. The molecule has 1 aromatic rings. The predicted octanol–water partition coefficient (Wildman–Crippen LogP) is 5.94. The van der Waals surface area contributed by atoms with Crippen molar-refractivity contribution in [2.75, 3.05) is 37.9 Å². The van der Waals surface area contributed by atoms with Gasteiger partial charge < -0.3 is 30.9 Å². The van der Waals surface area contributed by atoms with E-state index in [1.165, 1.54) is 44.0 Å². The molecule has 6 unspecified atom stereocenters.